The van der Waals surface area contributed by atoms with E-state index >= 15 is 0 Å². The van der Waals surface area contributed by atoms with Crippen LogP contribution in [0.15, 0.2) is 42.1 Å². The molecule has 4 nitrogen and oxygen atoms in total. The van der Waals surface area contributed by atoms with Gasteiger partial charge in [0.25, 0.3) is 0 Å². The summed E-state index contributed by atoms with van der Waals surface area (Å²) < 4.78 is 0. The van der Waals surface area contributed by atoms with Gasteiger partial charge in [-0.2, -0.15) is 0 Å². The second-order valence-electron chi connectivity index (χ2n) is 4.45. The van der Waals surface area contributed by atoms with E-state index in [9.17, 15) is 0 Å². The van der Waals surface area contributed by atoms with Crippen molar-refractivity contribution in [2.45, 2.75) is 19.3 Å². The number of nitrogens with zero attached hydrogens (tertiary/aromatic N) is 3. The number of anilines is 1. The topological polar surface area (TPSA) is 41.1 Å². The van der Waals surface area contributed by atoms with Crippen molar-refractivity contribution in [1.29, 1.82) is 0 Å². The van der Waals surface area contributed by atoms with Crippen LogP contribution in [-0.2, 0) is 0 Å². The Morgan fingerprint density at radius 2 is 2.24 bits per heavy atom. The zero-order valence-corrected chi connectivity index (χ0v) is 9.76. The lowest BCUT2D eigenvalue weighted by Crippen LogP contribution is -2.33. The molecule has 1 saturated heterocycles. The Bertz CT molecular complexity index is 450. The van der Waals surface area contributed by atoms with Gasteiger partial charge in [0, 0.05) is 24.1 Å². The molecule has 0 atom stereocenters. The fraction of sp³-hybridized carbons (Fsp3) is 0.385. The Morgan fingerprint density at radius 3 is 3.12 bits per heavy atom. The van der Waals surface area contributed by atoms with Gasteiger partial charge in [0.2, 0.25) is 0 Å². The molecule has 17 heavy (non-hydrogen) atoms. The number of hydrogen-bond donors (Lipinski definition) is 1. The number of allylic oxidation sites excluding steroid dienone is 3. The summed E-state index contributed by atoms with van der Waals surface area (Å²) in [5.41, 5.74) is 2.68. The van der Waals surface area contributed by atoms with Crippen molar-refractivity contribution in [2.24, 2.45) is 0 Å². The van der Waals surface area contributed by atoms with E-state index in [1.165, 1.54) is 37.2 Å². The van der Waals surface area contributed by atoms with Crippen LogP contribution < -0.4 is 5.32 Å². The van der Waals surface area contributed by atoms with Crippen LogP contribution in [0.2, 0.25) is 0 Å². The first-order valence-electron chi connectivity index (χ1n) is 6.09. The van der Waals surface area contributed by atoms with E-state index in [2.05, 4.69) is 32.3 Å². The van der Waals surface area contributed by atoms with E-state index in [1.54, 1.807) is 12.5 Å². The summed E-state index contributed by atoms with van der Waals surface area (Å²) in [6.45, 7) is 2.14. The lowest BCUT2D eigenvalue weighted by atomic mass is 10.0. The summed E-state index contributed by atoms with van der Waals surface area (Å²) in [5.74, 6) is 0.861. The van der Waals surface area contributed by atoms with Gasteiger partial charge in [-0.15, -0.1) is 0 Å². The molecule has 0 spiro atoms. The van der Waals surface area contributed by atoms with Gasteiger partial charge in [-0.1, -0.05) is 0 Å². The normalized spacial score (nSPS) is 19.2. The molecule has 0 bridgehead atoms. The van der Waals surface area contributed by atoms with Gasteiger partial charge in [0.05, 0.1) is 6.54 Å². The SMILES string of the molecule is C1=C(Nc2ccncn2)CN2CCCCC2=C1. The van der Waals surface area contributed by atoms with Gasteiger partial charge < -0.3 is 10.2 Å². The molecule has 0 radical (unpaired) electrons. The predicted molar refractivity (Wildman–Crippen MR) is 67.2 cm³/mol. The first-order chi connectivity index (χ1) is 8.42. The third-order valence-corrected chi connectivity index (χ3v) is 3.23. The lowest BCUT2D eigenvalue weighted by Gasteiger charge is -2.34. The Morgan fingerprint density at radius 1 is 1.24 bits per heavy atom. The zero-order valence-electron chi connectivity index (χ0n) is 9.76. The van der Waals surface area contributed by atoms with E-state index in [-0.39, 0.29) is 0 Å². The Balaban J connectivity index is 1.73. The molecule has 0 aromatic carbocycles. The third kappa shape index (κ3) is 2.30. The van der Waals surface area contributed by atoms with Crippen LogP contribution >= 0.6 is 0 Å². The van der Waals surface area contributed by atoms with Crippen molar-refractivity contribution < 1.29 is 0 Å². The summed E-state index contributed by atoms with van der Waals surface area (Å²) in [7, 11) is 0. The molecule has 1 aromatic rings. The van der Waals surface area contributed by atoms with Gasteiger partial charge in [-0.25, -0.2) is 9.97 Å². The Kier molecular flexibility index (Phi) is 2.78. The van der Waals surface area contributed by atoms with Gasteiger partial charge in [0.15, 0.2) is 0 Å². The average molecular weight is 228 g/mol. The Hall–Kier alpha value is -1.84. The van der Waals surface area contributed by atoms with Crippen molar-refractivity contribution in [2.75, 3.05) is 18.4 Å². The van der Waals surface area contributed by atoms with Crippen molar-refractivity contribution in [1.82, 2.24) is 14.9 Å². The molecule has 1 fully saturated rings. The molecular weight excluding hydrogens is 212 g/mol. The summed E-state index contributed by atoms with van der Waals surface area (Å²) in [5, 5.41) is 3.34. The zero-order chi connectivity index (χ0) is 11.5. The predicted octanol–water partition coefficient (Wildman–Crippen LogP) is 2.16. The highest BCUT2D eigenvalue weighted by Crippen LogP contribution is 2.24. The minimum atomic E-state index is 0.861. The van der Waals surface area contributed by atoms with E-state index in [4.69, 9.17) is 0 Å². The number of fused-ring (bicyclic) bond motifs is 1. The third-order valence-electron chi connectivity index (χ3n) is 3.23. The fourth-order valence-electron chi connectivity index (χ4n) is 2.35. The maximum atomic E-state index is 4.17. The summed E-state index contributed by atoms with van der Waals surface area (Å²) in [4.78, 5) is 10.5. The first-order valence-corrected chi connectivity index (χ1v) is 6.09. The van der Waals surface area contributed by atoms with Crippen molar-refractivity contribution in [3.63, 3.8) is 0 Å². The second kappa shape index (κ2) is 4.57. The van der Waals surface area contributed by atoms with Gasteiger partial charge in [-0.3, -0.25) is 0 Å². The Labute approximate surface area is 101 Å². The molecule has 1 N–H and O–H groups in total. The second-order valence-corrected chi connectivity index (χ2v) is 4.45. The first kappa shape index (κ1) is 10.3. The van der Waals surface area contributed by atoms with Crippen molar-refractivity contribution in [3.05, 3.63) is 42.1 Å². The van der Waals surface area contributed by atoms with Gasteiger partial charge in [-0.05, 0) is 37.5 Å². The largest absolute Gasteiger partial charge is 0.369 e. The molecule has 2 aliphatic rings. The van der Waals surface area contributed by atoms with Gasteiger partial charge >= 0.3 is 0 Å². The van der Waals surface area contributed by atoms with Crippen LogP contribution in [0.25, 0.3) is 0 Å². The molecule has 0 amide bonds. The molecule has 3 rings (SSSR count). The van der Waals surface area contributed by atoms with E-state index < -0.39 is 0 Å². The molecule has 88 valence electrons. The van der Waals surface area contributed by atoms with Crippen molar-refractivity contribution in [3.8, 4) is 0 Å². The number of nitrogens with one attached hydrogen (secondary N) is 1. The highest BCUT2D eigenvalue weighted by Gasteiger charge is 2.18. The molecule has 2 aliphatic heterocycles. The summed E-state index contributed by atoms with van der Waals surface area (Å²) >= 11 is 0. The van der Waals surface area contributed by atoms with Crippen LogP contribution in [0.4, 0.5) is 5.82 Å². The minimum absolute atomic E-state index is 0.861. The smallest absolute Gasteiger partial charge is 0.133 e. The molecule has 1 aromatic heterocycles. The molecule has 0 unspecified atom stereocenters. The average Bonchev–Trinajstić information content (AvgIpc) is 2.40. The molecule has 3 heterocycles. The fourth-order valence-corrected chi connectivity index (χ4v) is 2.35. The van der Waals surface area contributed by atoms with Crippen LogP contribution in [0.5, 0.6) is 0 Å². The molecule has 4 heteroatoms. The standard InChI is InChI=1S/C13H16N4/c1-2-8-17-9-11(4-5-12(17)3-1)16-13-6-7-14-10-15-13/h4-7,10H,1-3,8-9H2,(H,14,15,16). The number of piperidine rings is 1. The quantitative estimate of drug-likeness (QED) is 0.842. The maximum Gasteiger partial charge on any atom is 0.133 e. The summed E-state index contributed by atoms with van der Waals surface area (Å²) in [6, 6.07) is 1.89. The minimum Gasteiger partial charge on any atom is -0.369 e. The monoisotopic (exact) mass is 228 g/mol. The highest BCUT2D eigenvalue weighted by molar-refractivity contribution is 5.43. The van der Waals surface area contributed by atoms with Crippen LogP contribution in [0, 0.1) is 0 Å². The van der Waals surface area contributed by atoms with Crippen LogP contribution in [0.3, 0.4) is 0 Å². The summed E-state index contributed by atoms with van der Waals surface area (Å²) in [6.07, 6.45) is 11.6. The van der Waals surface area contributed by atoms with E-state index in [0.29, 0.717) is 0 Å². The molecular formula is C13H16N4. The van der Waals surface area contributed by atoms with Crippen LogP contribution in [-0.4, -0.2) is 28.0 Å². The van der Waals surface area contributed by atoms with E-state index in [1.807, 2.05) is 6.07 Å². The lowest BCUT2D eigenvalue weighted by molar-refractivity contribution is 0.307. The van der Waals surface area contributed by atoms with Gasteiger partial charge in [0.1, 0.15) is 12.1 Å². The maximum absolute atomic E-state index is 4.17. The highest BCUT2D eigenvalue weighted by atomic mass is 15.2. The molecule has 0 saturated carbocycles. The molecule has 0 aliphatic carbocycles. The number of aromatic nitrogens is 2. The number of hydrogen-bond acceptors (Lipinski definition) is 4. The number of rotatable bonds is 2. The van der Waals surface area contributed by atoms with Crippen molar-refractivity contribution >= 4 is 5.82 Å². The van der Waals surface area contributed by atoms with Crippen LogP contribution in [0.1, 0.15) is 19.3 Å². The van der Waals surface area contributed by atoms with E-state index in [0.717, 1.165) is 12.4 Å².